The Morgan fingerprint density at radius 3 is 2.61 bits per heavy atom. The fourth-order valence-electron chi connectivity index (χ4n) is 2.23. The molecule has 2 N–H and O–H groups in total. The number of hydrogen-bond donors (Lipinski definition) is 2. The number of aryl methyl sites for hydroxylation is 1. The minimum absolute atomic E-state index is 0.0486. The van der Waals surface area contributed by atoms with E-state index in [9.17, 15) is 14.4 Å². The number of halogens is 1. The van der Waals surface area contributed by atoms with Gasteiger partial charge in [-0.3, -0.25) is 9.13 Å². The molecule has 126 valence electrons. The quantitative estimate of drug-likeness (QED) is 0.663. The predicted molar refractivity (Wildman–Crippen MR) is 91.4 cm³/mol. The molecule has 0 bridgehead atoms. The third-order valence-corrected chi connectivity index (χ3v) is 5.21. The second-order valence-corrected chi connectivity index (χ2v) is 7.44. The van der Waals surface area contributed by atoms with E-state index in [4.69, 9.17) is 4.74 Å². The molecule has 0 amide bonds. The van der Waals surface area contributed by atoms with Crippen molar-refractivity contribution in [1.29, 1.82) is 0 Å². The number of benzene rings is 1. The summed E-state index contributed by atoms with van der Waals surface area (Å²) in [4.78, 5) is 23.4. The third-order valence-electron chi connectivity index (χ3n) is 3.34. The van der Waals surface area contributed by atoms with Crippen molar-refractivity contribution in [1.82, 2.24) is 9.55 Å². The molecular weight excluding hydrogens is 383 g/mol. The maximum Gasteiger partial charge on any atom is 0.375 e. The molecule has 0 aliphatic heterocycles. The molecule has 6 nitrogen and oxygen atoms in total. The zero-order valence-corrected chi connectivity index (χ0v) is 15.3. The van der Waals surface area contributed by atoms with Crippen molar-refractivity contribution >= 4 is 29.0 Å². The summed E-state index contributed by atoms with van der Waals surface area (Å²) in [5, 5.41) is 0. The molecule has 0 radical (unpaired) electrons. The second-order valence-electron chi connectivity index (χ2n) is 5.18. The lowest BCUT2D eigenvalue weighted by Crippen LogP contribution is -2.21. The Hall–Kier alpha value is -0.980. The van der Waals surface area contributed by atoms with Crippen LogP contribution in [0.2, 0.25) is 0 Å². The van der Waals surface area contributed by atoms with Gasteiger partial charge in [0.25, 0.3) is 0 Å². The molecule has 2 rings (SSSR count). The van der Waals surface area contributed by atoms with Gasteiger partial charge < -0.3 is 14.5 Å². The van der Waals surface area contributed by atoms with Crippen LogP contribution in [0.5, 0.6) is 0 Å². The molecule has 0 saturated heterocycles. The van der Waals surface area contributed by atoms with Crippen LogP contribution in [0.25, 0.3) is 0 Å². The van der Waals surface area contributed by atoms with E-state index < -0.39 is 7.60 Å². The SMILES string of the molecule is CCCCc1nc(Br)c(P(=O)(O)O)n1COCc1ccccc1. The molecular formula is C15H20BrN2O4P. The third kappa shape index (κ3) is 4.99. The maximum absolute atomic E-state index is 11.7. The Kier molecular flexibility index (Phi) is 6.56. The van der Waals surface area contributed by atoms with Crippen LogP contribution in [0, 0.1) is 0 Å². The van der Waals surface area contributed by atoms with Crippen LogP contribution in [0.4, 0.5) is 0 Å². The van der Waals surface area contributed by atoms with E-state index in [1.54, 1.807) is 0 Å². The monoisotopic (exact) mass is 402 g/mol. The number of rotatable bonds is 8. The minimum Gasteiger partial charge on any atom is -0.356 e. The Morgan fingerprint density at radius 1 is 1.30 bits per heavy atom. The number of aromatic nitrogens is 2. The lowest BCUT2D eigenvalue weighted by molar-refractivity contribution is 0.0635. The van der Waals surface area contributed by atoms with Crippen molar-refractivity contribution in [3.8, 4) is 0 Å². The average molecular weight is 403 g/mol. The maximum atomic E-state index is 11.7. The van der Waals surface area contributed by atoms with Crippen LogP contribution >= 0.6 is 23.5 Å². The van der Waals surface area contributed by atoms with Gasteiger partial charge in [-0.05, 0) is 27.9 Å². The highest BCUT2D eigenvalue weighted by atomic mass is 79.9. The highest BCUT2D eigenvalue weighted by Gasteiger charge is 2.29. The normalized spacial score (nSPS) is 11.8. The van der Waals surface area contributed by atoms with Crippen LogP contribution in [0.1, 0.15) is 31.2 Å². The predicted octanol–water partition coefficient (Wildman–Crippen LogP) is 2.97. The van der Waals surface area contributed by atoms with Crippen molar-refractivity contribution in [3.05, 3.63) is 46.3 Å². The first-order valence-corrected chi connectivity index (χ1v) is 9.76. The molecule has 0 saturated carbocycles. The van der Waals surface area contributed by atoms with Crippen LogP contribution in [0.3, 0.4) is 0 Å². The van der Waals surface area contributed by atoms with Gasteiger partial charge >= 0.3 is 7.60 Å². The van der Waals surface area contributed by atoms with Gasteiger partial charge in [-0.1, -0.05) is 43.7 Å². The van der Waals surface area contributed by atoms with Crippen LogP contribution in [-0.2, 0) is 29.1 Å². The molecule has 0 aliphatic rings. The topological polar surface area (TPSA) is 84.6 Å². The summed E-state index contributed by atoms with van der Waals surface area (Å²) in [6.07, 6.45) is 2.51. The lowest BCUT2D eigenvalue weighted by atomic mass is 10.2. The van der Waals surface area contributed by atoms with Crippen molar-refractivity contribution in [2.45, 2.75) is 39.5 Å². The number of imidazole rings is 1. The van der Waals surface area contributed by atoms with Gasteiger partial charge in [0, 0.05) is 6.42 Å². The van der Waals surface area contributed by atoms with Crippen molar-refractivity contribution < 1.29 is 19.1 Å². The van der Waals surface area contributed by atoms with Crippen molar-refractivity contribution in [2.24, 2.45) is 0 Å². The fraction of sp³-hybridized carbons (Fsp3) is 0.400. The summed E-state index contributed by atoms with van der Waals surface area (Å²) in [6.45, 7) is 2.47. The summed E-state index contributed by atoms with van der Waals surface area (Å²) < 4.78 is 19.0. The first-order chi connectivity index (χ1) is 10.9. The molecule has 23 heavy (non-hydrogen) atoms. The van der Waals surface area contributed by atoms with Crippen LogP contribution < -0.4 is 5.44 Å². The van der Waals surface area contributed by atoms with Crippen molar-refractivity contribution in [3.63, 3.8) is 0 Å². The molecule has 0 fully saturated rings. The summed E-state index contributed by atoms with van der Waals surface area (Å²) in [6, 6.07) is 9.63. The van der Waals surface area contributed by atoms with Gasteiger partial charge in [0.05, 0.1) is 6.61 Å². The Balaban J connectivity index is 2.18. The Labute approximate surface area is 143 Å². The largest absolute Gasteiger partial charge is 0.375 e. The van der Waals surface area contributed by atoms with Crippen LogP contribution in [-0.4, -0.2) is 19.3 Å². The minimum atomic E-state index is -4.44. The molecule has 8 heteroatoms. The lowest BCUT2D eigenvalue weighted by Gasteiger charge is -2.13. The van der Waals surface area contributed by atoms with E-state index in [-0.39, 0.29) is 16.8 Å². The second kappa shape index (κ2) is 8.22. The molecule has 1 aromatic carbocycles. The highest BCUT2D eigenvalue weighted by Crippen LogP contribution is 2.37. The van der Waals surface area contributed by atoms with Gasteiger partial charge in [0.1, 0.15) is 17.2 Å². The van der Waals surface area contributed by atoms with E-state index >= 15 is 0 Å². The molecule has 0 atom stereocenters. The van der Waals surface area contributed by atoms with E-state index in [1.165, 1.54) is 4.57 Å². The van der Waals surface area contributed by atoms with E-state index in [2.05, 4.69) is 27.8 Å². The number of hydrogen-bond acceptors (Lipinski definition) is 3. The molecule has 0 unspecified atom stereocenters. The zero-order valence-electron chi connectivity index (χ0n) is 12.9. The van der Waals surface area contributed by atoms with Gasteiger partial charge in [0.2, 0.25) is 0 Å². The van der Waals surface area contributed by atoms with E-state index in [1.807, 2.05) is 30.3 Å². The molecule has 0 aliphatic carbocycles. The summed E-state index contributed by atoms with van der Waals surface area (Å²) in [7, 11) is -4.44. The number of ether oxygens (including phenoxy) is 1. The van der Waals surface area contributed by atoms with Crippen molar-refractivity contribution in [2.75, 3.05) is 0 Å². The summed E-state index contributed by atoms with van der Waals surface area (Å²) >= 11 is 3.15. The van der Waals surface area contributed by atoms with Gasteiger partial charge in [-0.25, -0.2) is 4.98 Å². The van der Waals surface area contributed by atoms with E-state index in [0.717, 1.165) is 18.4 Å². The van der Waals surface area contributed by atoms with Gasteiger partial charge in [0.15, 0.2) is 5.44 Å². The Bertz CT molecular complexity index is 684. The first-order valence-electron chi connectivity index (χ1n) is 7.36. The first kappa shape index (κ1) is 18.4. The zero-order chi connectivity index (χ0) is 16.9. The standard InChI is InChI=1S/C15H20BrN2O4P/c1-2-3-9-13-17-14(16)15(23(19,20)21)18(13)11-22-10-12-7-5-4-6-8-12/h4-8H,2-3,9-11H2,1H3,(H2,19,20,21). The van der Waals surface area contributed by atoms with E-state index in [0.29, 0.717) is 18.9 Å². The molecule has 2 aromatic rings. The van der Waals surface area contributed by atoms with Crippen LogP contribution in [0.15, 0.2) is 34.9 Å². The highest BCUT2D eigenvalue weighted by molar-refractivity contribution is 9.10. The Morgan fingerprint density at radius 2 is 2.00 bits per heavy atom. The smallest absolute Gasteiger partial charge is 0.356 e. The number of unbranched alkanes of at least 4 members (excludes halogenated alkanes) is 1. The van der Waals surface area contributed by atoms with Gasteiger partial charge in [-0.15, -0.1) is 0 Å². The fourth-order valence-corrected chi connectivity index (χ4v) is 4.11. The average Bonchev–Trinajstić information content (AvgIpc) is 2.82. The molecule has 1 heterocycles. The molecule has 0 spiro atoms. The molecule has 1 aromatic heterocycles. The summed E-state index contributed by atoms with van der Waals surface area (Å²) in [5.74, 6) is 0.616. The summed E-state index contributed by atoms with van der Waals surface area (Å²) in [5.41, 5.74) is 0.871. The number of nitrogens with zero attached hydrogens (tertiary/aromatic N) is 2. The van der Waals surface area contributed by atoms with Gasteiger partial charge in [-0.2, -0.15) is 0 Å².